The molecule has 4 nitrogen and oxygen atoms in total. The lowest BCUT2D eigenvalue weighted by molar-refractivity contribution is 0.409. The van der Waals surface area contributed by atoms with E-state index in [-0.39, 0.29) is 0 Å². The highest BCUT2D eigenvalue weighted by Crippen LogP contribution is 2.20. The molecule has 15 heavy (non-hydrogen) atoms. The van der Waals surface area contributed by atoms with Gasteiger partial charge in [0, 0.05) is 31.0 Å². The molecule has 1 aromatic heterocycles. The Kier molecular flexibility index (Phi) is 3.26. The number of hydrogen-bond acceptors (Lipinski definition) is 3. The molecule has 0 atom stereocenters. The third-order valence-electron chi connectivity index (χ3n) is 3.16. The lowest BCUT2D eigenvalue weighted by atomic mass is 9.92. The van der Waals surface area contributed by atoms with Crippen molar-refractivity contribution in [2.24, 2.45) is 5.73 Å². The Morgan fingerprint density at radius 1 is 1.47 bits per heavy atom. The van der Waals surface area contributed by atoms with Crippen molar-refractivity contribution in [2.75, 3.05) is 5.32 Å². The van der Waals surface area contributed by atoms with Crippen LogP contribution in [-0.2, 0) is 6.54 Å². The number of nitrogens with two attached hydrogens (primary N) is 1. The molecule has 0 spiro atoms. The Morgan fingerprint density at radius 2 is 2.20 bits per heavy atom. The van der Waals surface area contributed by atoms with Crippen molar-refractivity contribution in [3.8, 4) is 0 Å². The Hall–Kier alpha value is -1.03. The second kappa shape index (κ2) is 4.66. The van der Waals surface area contributed by atoms with E-state index in [1.807, 2.05) is 12.4 Å². The van der Waals surface area contributed by atoms with E-state index in [0.29, 0.717) is 12.1 Å². The molecule has 2 rings (SSSR count). The fourth-order valence-electron chi connectivity index (χ4n) is 2.15. The third-order valence-corrected chi connectivity index (χ3v) is 3.16. The van der Waals surface area contributed by atoms with E-state index in [1.54, 1.807) is 0 Å². The van der Waals surface area contributed by atoms with E-state index in [1.165, 1.54) is 0 Å². The van der Waals surface area contributed by atoms with Gasteiger partial charge in [-0.1, -0.05) is 0 Å². The first-order valence-corrected chi connectivity index (χ1v) is 5.83. The van der Waals surface area contributed by atoms with Gasteiger partial charge in [-0.25, -0.2) is 4.98 Å². The maximum atomic E-state index is 5.88. The molecule has 0 amide bonds. The van der Waals surface area contributed by atoms with Crippen LogP contribution in [0.1, 0.15) is 32.6 Å². The highest BCUT2D eigenvalue weighted by molar-refractivity contribution is 5.27. The molecule has 0 aliphatic heterocycles. The van der Waals surface area contributed by atoms with Crippen LogP contribution in [0.3, 0.4) is 0 Å². The minimum atomic E-state index is 0.411. The molecule has 1 fully saturated rings. The Morgan fingerprint density at radius 3 is 2.87 bits per heavy atom. The SMILES string of the molecule is CCn1ccnc1NC1CCC(N)CC1. The normalized spacial score (nSPS) is 26.5. The molecular weight excluding hydrogens is 188 g/mol. The van der Waals surface area contributed by atoms with Gasteiger partial charge in [0.2, 0.25) is 5.95 Å². The smallest absolute Gasteiger partial charge is 0.202 e. The number of imidazole rings is 1. The Balaban J connectivity index is 1.91. The van der Waals surface area contributed by atoms with Gasteiger partial charge in [0.25, 0.3) is 0 Å². The molecule has 1 aliphatic rings. The highest BCUT2D eigenvalue weighted by atomic mass is 15.2. The van der Waals surface area contributed by atoms with Crippen molar-refractivity contribution in [3.05, 3.63) is 12.4 Å². The molecule has 0 radical (unpaired) electrons. The van der Waals surface area contributed by atoms with Gasteiger partial charge in [0.1, 0.15) is 0 Å². The summed E-state index contributed by atoms with van der Waals surface area (Å²) in [6, 6.07) is 0.964. The molecule has 0 unspecified atom stereocenters. The molecule has 4 heteroatoms. The lowest BCUT2D eigenvalue weighted by Gasteiger charge is -2.27. The second-order valence-corrected chi connectivity index (χ2v) is 4.29. The number of hydrogen-bond donors (Lipinski definition) is 2. The molecular formula is C11H20N4. The summed E-state index contributed by atoms with van der Waals surface area (Å²) >= 11 is 0. The molecule has 0 aromatic carbocycles. The average molecular weight is 208 g/mol. The van der Waals surface area contributed by atoms with E-state index in [0.717, 1.165) is 38.2 Å². The lowest BCUT2D eigenvalue weighted by Crippen LogP contribution is -2.33. The minimum absolute atomic E-state index is 0.411. The summed E-state index contributed by atoms with van der Waals surface area (Å²) in [6.07, 6.45) is 8.45. The minimum Gasteiger partial charge on any atom is -0.353 e. The van der Waals surface area contributed by atoms with Crippen LogP contribution in [0.4, 0.5) is 5.95 Å². The summed E-state index contributed by atoms with van der Waals surface area (Å²) < 4.78 is 2.13. The molecule has 3 N–H and O–H groups in total. The monoisotopic (exact) mass is 208 g/mol. The number of aromatic nitrogens is 2. The van der Waals surface area contributed by atoms with Crippen LogP contribution < -0.4 is 11.1 Å². The van der Waals surface area contributed by atoms with Gasteiger partial charge in [-0.15, -0.1) is 0 Å². The fourth-order valence-corrected chi connectivity index (χ4v) is 2.15. The zero-order valence-electron chi connectivity index (χ0n) is 9.32. The average Bonchev–Trinajstić information content (AvgIpc) is 2.69. The van der Waals surface area contributed by atoms with Gasteiger partial charge in [-0.3, -0.25) is 0 Å². The first-order valence-electron chi connectivity index (χ1n) is 5.83. The number of rotatable bonds is 3. The van der Waals surface area contributed by atoms with Gasteiger partial charge < -0.3 is 15.6 Å². The van der Waals surface area contributed by atoms with E-state index < -0.39 is 0 Å². The summed E-state index contributed by atoms with van der Waals surface area (Å²) in [5.74, 6) is 0.998. The van der Waals surface area contributed by atoms with E-state index in [9.17, 15) is 0 Å². The largest absolute Gasteiger partial charge is 0.353 e. The zero-order valence-corrected chi connectivity index (χ0v) is 9.32. The van der Waals surface area contributed by atoms with Crippen LogP contribution in [-0.4, -0.2) is 21.6 Å². The van der Waals surface area contributed by atoms with Crippen LogP contribution in [0.15, 0.2) is 12.4 Å². The van der Waals surface area contributed by atoms with Gasteiger partial charge in [-0.05, 0) is 32.6 Å². The third kappa shape index (κ3) is 2.50. The second-order valence-electron chi connectivity index (χ2n) is 4.29. The van der Waals surface area contributed by atoms with Gasteiger partial charge in [-0.2, -0.15) is 0 Å². The number of nitrogens with one attached hydrogen (secondary N) is 1. The van der Waals surface area contributed by atoms with Gasteiger partial charge in [0.15, 0.2) is 0 Å². The fraction of sp³-hybridized carbons (Fsp3) is 0.727. The first-order chi connectivity index (χ1) is 7.29. The van der Waals surface area contributed by atoms with Crippen molar-refractivity contribution in [2.45, 2.75) is 51.2 Å². The van der Waals surface area contributed by atoms with E-state index in [2.05, 4.69) is 21.8 Å². The molecule has 0 bridgehead atoms. The summed E-state index contributed by atoms with van der Waals surface area (Å²) in [4.78, 5) is 4.32. The zero-order chi connectivity index (χ0) is 10.7. The predicted octanol–water partition coefficient (Wildman–Crippen LogP) is 1.58. The quantitative estimate of drug-likeness (QED) is 0.793. The van der Waals surface area contributed by atoms with Crippen molar-refractivity contribution in [3.63, 3.8) is 0 Å². The highest BCUT2D eigenvalue weighted by Gasteiger charge is 2.19. The van der Waals surface area contributed by atoms with Crippen molar-refractivity contribution < 1.29 is 0 Å². The van der Waals surface area contributed by atoms with Crippen LogP contribution >= 0.6 is 0 Å². The topological polar surface area (TPSA) is 55.9 Å². The van der Waals surface area contributed by atoms with E-state index >= 15 is 0 Å². The predicted molar refractivity (Wildman–Crippen MR) is 61.8 cm³/mol. The van der Waals surface area contributed by atoms with Gasteiger partial charge >= 0.3 is 0 Å². The summed E-state index contributed by atoms with van der Waals surface area (Å²) in [5, 5.41) is 3.50. The molecule has 1 saturated carbocycles. The van der Waals surface area contributed by atoms with Crippen LogP contribution in [0.5, 0.6) is 0 Å². The number of nitrogens with zero attached hydrogens (tertiary/aromatic N) is 2. The Labute approximate surface area is 90.9 Å². The molecule has 0 saturated heterocycles. The molecule has 1 heterocycles. The van der Waals surface area contributed by atoms with Crippen molar-refractivity contribution in [1.82, 2.24) is 9.55 Å². The van der Waals surface area contributed by atoms with Crippen LogP contribution in [0.25, 0.3) is 0 Å². The number of anilines is 1. The maximum absolute atomic E-state index is 5.88. The van der Waals surface area contributed by atoms with Crippen LogP contribution in [0.2, 0.25) is 0 Å². The van der Waals surface area contributed by atoms with Crippen molar-refractivity contribution >= 4 is 5.95 Å². The van der Waals surface area contributed by atoms with E-state index in [4.69, 9.17) is 5.73 Å². The first kappa shape index (κ1) is 10.5. The Bertz CT molecular complexity index is 299. The molecule has 1 aliphatic carbocycles. The maximum Gasteiger partial charge on any atom is 0.202 e. The van der Waals surface area contributed by atoms with Crippen LogP contribution in [0, 0.1) is 0 Å². The van der Waals surface area contributed by atoms with Crippen molar-refractivity contribution in [1.29, 1.82) is 0 Å². The van der Waals surface area contributed by atoms with Gasteiger partial charge in [0.05, 0.1) is 0 Å². The summed E-state index contributed by atoms with van der Waals surface area (Å²) in [7, 11) is 0. The summed E-state index contributed by atoms with van der Waals surface area (Å²) in [5.41, 5.74) is 5.88. The molecule has 1 aromatic rings. The standard InChI is InChI=1S/C11H20N4/c1-2-15-8-7-13-11(15)14-10-5-3-9(12)4-6-10/h7-10H,2-6,12H2,1H3,(H,13,14). The number of aryl methyl sites for hydroxylation is 1. The summed E-state index contributed by atoms with van der Waals surface area (Å²) in [6.45, 7) is 3.10. The molecule has 84 valence electrons.